The van der Waals surface area contributed by atoms with Gasteiger partial charge in [-0.15, -0.1) is 0 Å². The normalized spacial score (nSPS) is 10.8. The van der Waals surface area contributed by atoms with Crippen LogP contribution in [-0.2, 0) is 16.0 Å². The molecule has 0 saturated heterocycles. The topological polar surface area (TPSA) is 26.3 Å². The zero-order chi connectivity index (χ0) is 12.0. The Hall–Kier alpha value is -1.15. The van der Waals surface area contributed by atoms with Crippen LogP contribution < -0.4 is 0 Å². The summed E-state index contributed by atoms with van der Waals surface area (Å²) in [6.45, 7) is 6.18. The number of hydrogen-bond acceptors (Lipinski definition) is 2. The molecule has 2 heteroatoms. The molecular weight excluding hydrogens is 200 g/mol. The highest BCUT2D eigenvalue weighted by atomic mass is 16.5. The maximum atomic E-state index is 11.5. The SMILES string of the molecule is Cc1cccc(CCC(=O)COC(C)C)c1. The van der Waals surface area contributed by atoms with Crippen LogP contribution in [0.25, 0.3) is 0 Å². The number of carbonyl (C=O) groups excluding carboxylic acids is 1. The van der Waals surface area contributed by atoms with E-state index in [1.54, 1.807) is 0 Å². The lowest BCUT2D eigenvalue weighted by atomic mass is 10.1. The van der Waals surface area contributed by atoms with E-state index in [0.717, 1.165) is 6.42 Å². The predicted molar refractivity (Wildman–Crippen MR) is 65.6 cm³/mol. The molecule has 0 atom stereocenters. The number of hydrogen-bond donors (Lipinski definition) is 0. The monoisotopic (exact) mass is 220 g/mol. The van der Waals surface area contributed by atoms with Gasteiger partial charge in [0.1, 0.15) is 6.61 Å². The van der Waals surface area contributed by atoms with E-state index in [1.807, 2.05) is 19.9 Å². The quantitative estimate of drug-likeness (QED) is 0.736. The van der Waals surface area contributed by atoms with Gasteiger partial charge in [0.25, 0.3) is 0 Å². The van der Waals surface area contributed by atoms with Crippen molar-refractivity contribution in [3.63, 3.8) is 0 Å². The van der Waals surface area contributed by atoms with Crippen LogP contribution in [0.4, 0.5) is 0 Å². The fraction of sp³-hybridized carbons (Fsp3) is 0.500. The average Bonchev–Trinajstić information content (AvgIpc) is 2.23. The van der Waals surface area contributed by atoms with Crippen molar-refractivity contribution >= 4 is 5.78 Å². The third kappa shape index (κ3) is 5.08. The van der Waals surface area contributed by atoms with Crippen molar-refractivity contribution in [3.8, 4) is 0 Å². The fourth-order valence-electron chi connectivity index (χ4n) is 1.48. The van der Waals surface area contributed by atoms with Gasteiger partial charge in [-0.3, -0.25) is 4.79 Å². The molecule has 0 bridgehead atoms. The lowest BCUT2D eigenvalue weighted by molar-refractivity contribution is -0.124. The minimum atomic E-state index is 0.128. The Morgan fingerprint density at radius 3 is 2.75 bits per heavy atom. The summed E-state index contributed by atoms with van der Waals surface area (Å²) in [7, 11) is 0. The average molecular weight is 220 g/mol. The summed E-state index contributed by atoms with van der Waals surface area (Å²) in [6, 6.07) is 8.27. The van der Waals surface area contributed by atoms with E-state index in [9.17, 15) is 4.79 Å². The minimum absolute atomic E-state index is 0.128. The van der Waals surface area contributed by atoms with Crippen LogP contribution >= 0.6 is 0 Å². The number of aryl methyl sites for hydroxylation is 2. The van der Waals surface area contributed by atoms with Crippen LogP contribution in [0.3, 0.4) is 0 Å². The smallest absolute Gasteiger partial charge is 0.158 e. The molecule has 0 fully saturated rings. The van der Waals surface area contributed by atoms with Gasteiger partial charge in [-0.2, -0.15) is 0 Å². The van der Waals surface area contributed by atoms with Gasteiger partial charge in [-0.1, -0.05) is 29.8 Å². The Labute approximate surface area is 97.6 Å². The minimum Gasteiger partial charge on any atom is -0.371 e. The van der Waals surface area contributed by atoms with Gasteiger partial charge in [0, 0.05) is 6.42 Å². The number of ether oxygens (including phenoxy) is 1. The molecule has 0 spiro atoms. The molecule has 0 radical (unpaired) electrons. The molecule has 0 unspecified atom stereocenters. The lowest BCUT2D eigenvalue weighted by Gasteiger charge is -2.06. The molecule has 88 valence electrons. The third-order valence-electron chi connectivity index (χ3n) is 2.35. The maximum Gasteiger partial charge on any atom is 0.158 e. The van der Waals surface area contributed by atoms with Crippen LogP contribution in [0.15, 0.2) is 24.3 Å². The Bertz CT molecular complexity index is 342. The number of carbonyl (C=O) groups is 1. The first-order valence-corrected chi connectivity index (χ1v) is 5.77. The maximum absolute atomic E-state index is 11.5. The molecule has 16 heavy (non-hydrogen) atoms. The van der Waals surface area contributed by atoms with Crippen LogP contribution in [0.2, 0.25) is 0 Å². The number of ketones is 1. The Morgan fingerprint density at radius 2 is 2.12 bits per heavy atom. The van der Waals surface area contributed by atoms with Crippen molar-refractivity contribution in [2.75, 3.05) is 6.61 Å². The highest BCUT2D eigenvalue weighted by Crippen LogP contribution is 2.07. The van der Waals surface area contributed by atoms with Crippen molar-refractivity contribution < 1.29 is 9.53 Å². The van der Waals surface area contributed by atoms with Crippen LogP contribution in [-0.4, -0.2) is 18.5 Å². The van der Waals surface area contributed by atoms with Crippen LogP contribution in [0.5, 0.6) is 0 Å². The van der Waals surface area contributed by atoms with Crippen molar-refractivity contribution in [3.05, 3.63) is 35.4 Å². The molecule has 0 aliphatic carbocycles. The predicted octanol–water partition coefficient (Wildman–Crippen LogP) is 2.92. The summed E-state index contributed by atoms with van der Waals surface area (Å²) < 4.78 is 5.27. The van der Waals surface area contributed by atoms with Gasteiger partial charge in [-0.25, -0.2) is 0 Å². The van der Waals surface area contributed by atoms with Crippen molar-refractivity contribution in [1.82, 2.24) is 0 Å². The zero-order valence-electron chi connectivity index (χ0n) is 10.3. The second kappa shape index (κ2) is 6.44. The van der Waals surface area contributed by atoms with E-state index in [0.29, 0.717) is 6.42 Å². The molecular formula is C14H20O2. The summed E-state index contributed by atoms with van der Waals surface area (Å²) in [5.41, 5.74) is 2.46. The first-order valence-electron chi connectivity index (χ1n) is 5.77. The number of Topliss-reactive ketones (excluding diaryl/α,β-unsaturated/α-hetero) is 1. The summed E-state index contributed by atoms with van der Waals surface area (Å²) in [4.78, 5) is 11.5. The molecule has 1 aromatic rings. The standard InChI is InChI=1S/C14H20O2/c1-11(2)16-10-14(15)8-7-13-6-4-5-12(3)9-13/h4-6,9,11H,7-8,10H2,1-3H3. The summed E-state index contributed by atoms with van der Waals surface area (Å²) in [5.74, 6) is 0.176. The van der Waals surface area contributed by atoms with Gasteiger partial charge < -0.3 is 4.74 Å². The molecule has 0 N–H and O–H groups in total. The summed E-state index contributed by atoms with van der Waals surface area (Å²) in [5, 5.41) is 0. The molecule has 0 aliphatic heterocycles. The van der Waals surface area contributed by atoms with Crippen molar-refractivity contribution in [1.29, 1.82) is 0 Å². The molecule has 0 aromatic heterocycles. The molecule has 1 aromatic carbocycles. The van der Waals surface area contributed by atoms with Gasteiger partial charge in [0.15, 0.2) is 5.78 Å². The summed E-state index contributed by atoms with van der Waals surface area (Å²) in [6.07, 6.45) is 1.50. The van der Waals surface area contributed by atoms with Gasteiger partial charge in [0.2, 0.25) is 0 Å². The van der Waals surface area contributed by atoms with E-state index in [-0.39, 0.29) is 18.5 Å². The van der Waals surface area contributed by atoms with Gasteiger partial charge in [0.05, 0.1) is 6.10 Å². The molecule has 0 heterocycles. The van der Waals surface area contributed by atoms with Gasteiger partial charge in [-0.05, 0) is 32.8 Å². The Balaban J connectivity index is 2.31. The van der Waals surface area contributed by atoms with E-state index in [2.05, 4.69) is 25.1 Å². The summed E-state index contributed by atoms with van der Waals surface area (Å²) >= 11 is 0. The first kappa shape index (κ1) is 12.9. The third-order valence-corrected chi connectivity index (χ3v) is 2.35. The van der Waals surface area contributed by atoms with E-state index in [1.165, 1.54) is 11.1 Å². The molecule has 1 rings (SSSR count). The van der Waals surface area contributed by atoms with Gasteiger partial charge >= 0.3 is 0 Å². The van der Waals surface area contributed by atoms with Crippen molar-refractivity contribution in [2.45, 2.75) is 39.7 Å². The van der Waals surface area contributed by atoms with Crippen LogP contribution in [0.1, 0.15) is 31.4 Å². The zero-order valence-corrected chi connectivity index (χ0v) is 10.3. The second-order valence-electron chi connectivity index (χ2n) is 4.39. The largest absolute Gasteiger partial charge is 0.371 e. The van der Waals surface area contributed by atoms with E-state index < -0.39 is 0 Å². The second-order valence-corrected chi connectivity index (χ2v) is 4.39. The highest BCUT2D eigenvalue weighted by molar-refractivity contribution is 5.79. The fourth-order valence-corrected chi connectivity index (χ4v) is 1.48. The highest BCUT2D eigenvalue weighted by Gasteiger charge is 2.04. The Morgan fingerprint density at radius 1 is 1.38 bits per heavy atom. The Kier molecular flexibility index (Phi) is 5.20. The van der Waals surface area contributed by atoms with Crippen LogP contribution in [0, 0.1) is 6.92 Å². The molecule has 0 saturated carbocycles. The number of benzene rings is 1. The molecule has 2 nitrogen and oxygen atoms in total. The lowest BCUT2D eigenvalue weighted by Crippen LogP contribution is -2.13. The first-order chi connectivity index (χ1) is 7.58. The molecule has 0 aliphatic rings. The number of rotatable bonds is 6. The molecule has 0 amide bonds. The van der Waals surface area contributed by atoms with Crippen molar-refractivity contribution in [2.24, 2.45) is 0 Å². The van der Waals surface area contributed by atoms with E-state index >= 15 is 0 Å². The van der Waals surface area contributed by atoms with E-state index in [4.69, 9.17) is 4.74 Å².